The largest absolute Gasteiger partial charge is 0.451 e. The van der Waals surface area contributed by atoms with Gasteiger partial charge in [-0.25, -0.2) is 0 Å². The lowest BCUT2D eigenvalue weighted by atomic mass is 10.2. The van der Waals surface area contributed by atoms with Crippen molar-refractivity contribution in [3.05, 3.63) is 76.0 Å². The third kappa shape index (κ3) is 5.88. The van der Waals surface area contributed by atoms with Crippen molar-refractivity contribution in [2.24, 2.45) is 0 Å². The Bertz CT molecular complexity index is 1110. The van der Waals surface area contributed by atoms with Crippen molar-refractivity contribution in [3.63, 3.8) is 0 Å². The van der Waals surface area contributed by atoms with Crippen molar-refractivity contribution in [1.29, 1.82) is 0 Å². The van der Waals surface area contributed by atoms with Crippen LogP contribution in [0, 0.1) is 0 Å². The van der Waals surface area contributed by atoms with Crippen LogP contribution in [-0.2, 0) is 11.3 Å². The van der Waals surface area contributed by atoms with Crippen LogP contribution in [0.2, 0.25) is 10.0 Å². The highest BCUT2D eigenvalue weighted by atomic mass is 35.5. The molecule has 9 heteroatoms. The van der Waals surface area contributed by atoms with Gasteiger partial charge in [-0.05, 0) is 54.7 Å². The fourth-order valence-corrected chi connectivity index (χ4v) is 4.04. The van der Waals surface area contributed by atoms with Gasteiger partial charge in [0.1, 0.15) is 25.4 Å². The monoisotopic (exact) mass is 490 g/mol. The normalized spacial score (nSPS) is 14.2. The van der Waals surface area contributed by atoms with Crippen molar-refractivity contribution in [2.75, 3.05) is 31.6 Å². The number of carbonyl (C=O) groups excluding carboxylic acids is 1. The average molecular weight is 491 g/mol. The van der Waals surface area contributed by atoms with Crippen LogP contribution in [0.4, 0.5) is 5.69 Å². The lowest BCUT2D eigenvalue weighted by Crippen LogP contribution is -3.12. The van der Waals surface area contributed by atoms with Gasteiger partial charge in [0.05, 0.1) is 18.2 Å². The molecule has 0 unspecified atom stereocenters. The lowest BCUT2D eigenvalue weighted by Gasteiger charge is -2.23. The molecule has 0 atom stereocenters. The van der Waals surface area contributed by atoms with Gasteiger partial charge in [0, 0.05) is 21.8 Å². The number of rotatable bonds is 5. The van der Waals surface area contributed by atoms with Gasteiger partial charge < -0.3 is 19.4 Å². The fraction of sp³-hybridized carbons (Fsp3) is 0.217. The third-order valence-corrected chi connectivity index (χ3v) is 5.89. The number of carbonyl (C=O) groups is 1. The average Bonchev–Trinajstić information content (AvgIpc) is 3.28. The number of halogens is 2. The summed E-state index contributed by atoms with van der Waals surface area (Å²) >= 11 is 17.5. The molecular weight excluding hydrogens is 469 g/mol. The van der Waals surface area contributed by atoms with Crippen LogP contribution in [0.3, 0.4) is 0 Å². The minimum Gasteiger partial charge on any atom is -0.451 e. The molecule has 0 aliphatic carbocycles. The van der Waals surface area contributed by atoms with Gasteiger partial charge in [-0.3, -0.25) is 10.1 Å². The summed E-state index contributed by atoms with van der Waals surface area (Å²) in [5.74, 6) is 0.1000. The summed E-state index contributed by atoms with van der Waals surface area (Å²) in [5, 5.41) is 6.83. The van der Waals surface area contributed by atoms with Crippen molar-refractivity contribution in [2.45, 2.75) is 6.54 Å². The third-order valence-electron chi connectivity index (χ3n) is 5.12. The zero-order valence-corrected chi connectivity index (χ0v) is 19.4. The summed E-state index contributed by atoms with van der Waals surface area (Å²) < 4.78 is 11.1. The van der Waals surface area contributed by atoms with E-state index in [-0.39, 0.29) is 10.9 Å². The molecule has 1 aliphatic heterocycles. The molecule has 0 radical (unpaired) electrons. The van der Waals surface area contributed by atoms with Gasteiger partial charge in [-0.1, -0.05) is 35.3 Å². The number of nitrogens with one attached hydrogen (secondary N) is 3. The first-order valence-corrected chi connectivity index (χ1v) is 11.3. The molecule has 3 N–H and O–H groups in total. The molecule has 166 valence electrons. The summed E-state index contributed by atoms with van der Waals surface area (Å²) in [5.41, 5.74) is 2.64. The molecule has 1 saturated heterocycles. The van der Waals surface area contributed by atoms with Gasteiger partial charge in [-0.15, -0.1) is 0 Å². The Kier molecular flexibility index (Phi) is 7.44. The molecule has 0 spiro atoms. The van der Waals surface area contributed by atoms with Crippen molar-refractivity contribution < 1.29 is 18.8 Å². The summed E-state index contributed by atoms with van der Waals surface area (Å²) in [6.45, 7) is 4.63. The first-order valence-electron chi connectivity index (χ1n) is 10.2. The molecule has 1 aromatic heterocycles. The number of quaternary nitrogens is 1. The van der Waals surface area contributed by atoms with Crippen LogP contribution in [0.5, 0.6) is 0 Å². The fourth-order valence-electron chi connectivity index (χ4n) is 3.45. The highest BCUT2D eigenvalue weighted by Gasteiger charge is 2.16. The van der Waals surface area contributed by atoms with Gasteiger partial charge >= 0.3 is 0 Å². The quantitative estimate of drug-likeness (QED) is 0.474. The number of benzene rings is 2. The van der Waals surface area contributed by atoms with Crippen LogP contribution in [0.1, 0.15) is 16.1 Å². The molecule has 6 nitrogen and oxygen atoms in total. The Morgan fingerprint density at radius 2 is 1.78 bits per heavy atom. The number of ether oxygens (including phenoxy) is 1. The minimum absolute atomic E-state index is 0.115. The molecule has 1 fully saturated rings. The Balaban J connectivity index is 1.32. The number of thiocarbonyl (C=S) groups is 1. The number of anilines is 1. The smallest absolute Gasteiger partial charge is 0.293 e. The van der Waals surface area contributed by atoms with Crippen LogP contribution in [-0.4, -0.2) is 37.3 Å². The molecule has 32 heavy (non-hydrogen) atoms. The van der Waals surface area contributed by atoms with Crippen LogP contribution in [0.25, 0.3) is 11.3 Å². The Labute approximate surface area is 201 Å². The Hall–Kier alpha value is -2.42. The number of hydrogen-bond acceptors (Lipinski definition) is 4. The topological polar surface area (TPSA) is 67.9 Å². The van der Waals surface area contributed by atoms with Crippen LogP contribution in [0.15, 0.2) is 59.0 Å². The maximum absolute atomic E-state index is 12.5. The number of amides is 1. The Morgan fingerprint density at radius 1 is 1.03 bits per heavy atom. The summed E-state index contributed by atoms with van der Waals surface area (Å²) in [6, 6.07) is 16.3. The second-order valence-electron chi connectivity index (χ2n) is 7.43. The predicted molar refractivity (Wildman–Crippen MR) is 130 cm³/mol. The van der Waals surface area contributed by atoms with Gasteiger partial charge in [0.25, 0.3) is 5.91 Å². The molecule has 3 aromatic rings. The number of furan rings is 1. The summed E-state index contributed by atoms with van der Waals surface area (Å²) in [7, 11) is 0. The molecule has 1 amide bonds. The second-order valence-corrected chi connectivity index (χ2v) is 8.68. The Morgan fingerprint density at radius 3 is 2.53 bits per heavy atom. The van der Waals surface area contributed by atoms with E-state index >= 15 is 0 Å². The predicted octanol–water partition coefficient (Wildman–Crippen LogP) is 3.80. The molecule has 2 aromatic carbocycles. The van der Waals surface area contributed by atoms with E-state index in [2.05, 4.69) is 22.8 Å². The van der Waals surface area contributed by atoms with E-state index in [9.17, 15) is 4.79 Å². The molecule has 0 bridgehead atoms. The molecule has 2 heterocycles. The highest BCUT2D eigenvalue weighted by molar-refractivity contribution is 7.80. The van der Waals surface area contributed by atoms with E-state index in [1.807, 2.05) is 12.1 Å². The maximum atomic E-state index is 12.5. The van der Waals surface area contributed by atoms with Crippen LogP contribution >= 0.6 is 35.4 Å². The molecule has 0 saturated carbocycles. The van der Waals surface area contributed by atoms with E-state index in [0.717, 1.165) is 38.5 Å². The second kappa shape index (κ2) is 10.5. The number of hydrogen-bond donors (Lipinski definition) is 3. The first-order chi connectivity index (χ1) is 15.5. The summed E-state index contributed by atoms with van der Waals surface area (Å²) in [6.07, 6.45) is 0. The lowest BCUT2D eigenvalue weighted by molar-refractivity contribution is -0.921. The van der Waals surface area contributed by atoms with Crippen LogP contribution < -0.4 is 15.5 Å². The van der Waals surface area contributed by atoms with Gasteiger partial charge in [0.15, 0.2) is 10.9 Å². The van der Waals surface area contributed by atoms with E-state index < -0.39 is 5.91 Å². The number of morpholine rings is 1. The maximum Gasteiger partial charge on any atom is 0.293 e. The van der Waals surface area contributed by atoms with E-state index in [1.165, 1.54) is 10.5 Å². The summed E-state index contributed by atoms with van der Waals surface area (Å²) in [4.78, 5) is 14.0. The highest BCUT2D eigenvalue weighted by Crippen LogP contribution is 2.31. The SMILES string of the molecule is O=C(NC(=S)Nc1ccc(C[NH+]2CCOCC2)cc1)c1ccc(-c2cc(Cl)ccc2Cl)o1. The van der Waals surface area contributed by atoms with E-state index in [4.69, 9.17) is 44.6 Å². The zero-order chi connectivity index (χ0) is 22.5. The zero-order valence-electron chi connectivity index (χ0n) is 17.1. The van der Waals surface area contributed by atoms with Crippen molar-refractivity contribution >= 4 is 52.1 Å². The van der Waals surface area contributed by atoms with E-state index in [1.54, 1.807) is 30.3 Å². The van der Waals surface area contributed by atoms with Gasteiger partial charge in [-0.2, -0.15) is 0 Å². The molecule has 4 rings (SSSR count). The van der Waals surface area contributed by atoms with Crippen molar-refractivity contribution in [1.82, 2.24) is 5.32 Å². The first kappa shape index (κ1) is 22.8. The van der Waals surface area contributed by atoms with Gasteiger partial charge in [0.2, 0.25) is 0 Å². The molecule has 1 aliphatic rings. The molecular formula is C23H22Cl2N3O3S+. The van der Waals surface area contributed by atoms with E-state index in [0.29, 0.717) is 21.4 Å². The standard InChI is InChI=1S/C23H21Cl2N3O3S/c24-16-3-6-19(25)18(13-16)20-7-8-21(31-20)22(29)27-23(32)26-17-4-1-15(2-5-17)14-28-9-11-30-12-10-28/h1-8,13H,9-12,14H2,(H2,26,27,29,32)/p+1. The minimum atomic E-state index is -0.459. The van der Waals surface area contributed by atoms with Crippen molar-refractivity contribution in [3.8, 4) is 11.3 Å².